The molecule has 0 bridgehead atoms. The molecule has 0 radical (unpaired) electrons. The van der Waals surface area contributed by atoms with Gasteiger partial charge in [0.15, 0.2) is 0 Å². The summed E-state index contributed by atoms with van der Waals surface area (Å²) in [4.78, 5) is 20.5. The van der Waals surface area contributed by atoms with Crippen LogP contribution in [0.4, 0.5) is 20.6 Å². The van der Waals surface area contributed by atoms with Crippen molar-refractivity contribution in [2.24, 2.45) is 0 Å². The molecule has 216 valence electrons. The predicted molar refractivity (Wildman–Crippen MR) is 166 cm³/mol. The molecule has 2 aliphatic heterocycles. The monoisotopic (exact) mass is 564 g/mol. The molecule has 1 fully saturated rings. The maximum absolute atomic E-state index is 13.7. The van der Waals surface area contributed by atoms with Crippen LogP contribution in [0.5, 0.6) is 5.75 Å². The zero-order valence-corrected chi connectivity index (χ0v) is 24.0. The minimum absolute atomic E-state index is 0.119. The molecule has 6 nitrogen and oxygen atoms in total. The quantitative estimate of drug-likeness (QED) is 0.283. The number of benzene rings is 4. The topological polar surface area (TPSA) is 48.1 Å². The molecule has 1 N–H and O–H groups in total. The SMILES string of the molecule is COc1cccc(NC(=O)N2Cc3ccccc3C(CCN3CCN(c4ccc(F)cc4)CC3)(c3ccccc3)C2)c1. The third kappa shape index (κ3) is 5.83. The van der Waals surface area contributed by atoms with Gasteiger partial charge in [0.1, 0.15) is 11.6 Å². The van der Waals surface area contributed by atoms with Crippen molar-refractivity contribution in [2.45, 2.75) is 18.4 Å². The van der Waals surface area contributed by atoms with E-state index in [1.54, 1.807) is 7.11 Å². The van der Waals surface area contributed by atoms with Gasteiger partial charge in [0, 0.05) is 62.1 Å². The predicted octanol–water partition coefficient (Wildman–Crippen LogP) is 6.38. The van der Waals surface area contributed by atoms with Crippen molar-refractivity contribution in [3.8, 4) is 5.75 Å². The number of hydrogen-bond donors (Lipinski definition) is 1. The van der Waals surface area contributed by atoms with Crippen LogP contribution in [-0.4, -0.2) is 62.2 Å². The summed E-state index contributed by atoms with van der Waals surface area (Å²) >= 11 is 0. The molecule has 2 amide bonds. The molecule has 4 aromatic carbocycles. The summed E-state index contributed by atoms with van der Waals surface area (Å²) < 4.78 is 18.8. The average Bonchev–Trinajstić information content (AvgIpc) is 3.04. The molecule has 2 aliphatic rings. The lowest BCUT2D eigenvalue weighted by molar-refractivity contribution is 0.172. The lowest BCUT2D eigenvalue weighted by atomic mass is 9.68. The molecule has 0 aliphatic carbocycles. The van der Waals surface area contributed by atoms with Crippen LogP contribution in [0, 0.1) is 5.82 Å². The van der Waals surface area contributed by atoms with E-state index in [0.717, 1.165) is 44.8 Å². The molecular weight excluding hydrogens is 527 g/mol. The zero-order chi connectivity index (χ0) is 28.9. The van der Waals surface area contributed by atoms with Crippen molar-refractivity contribution in [3.05, 3.63) is 126 Å². The highest BCUT2D eigenvalue weighted by Gasteiger charge is 2.42. The Morgan fingerprint density at radius 2 is 1.62 bits per heavy atom. The molecule has 0 spiro atoms. The molecule has 0 aromatic heterocycles. The molecule has 2 heterocycles. The number of nitrogens with one attached hydrogen (secondary N) is 1. The Balaban J connectivity index is 1.24. The number of rotatable bonds is 7. The van der Waals surface area contributed by atoms with Crippen molar-refractivity contribution in [1.29, 1.82) is 0 Å². The van der Waals surface area contributed by atoms with Crippen LogP contribution >= 0.6 is 0 Å². The highest BCUT2D eigenvalue weighted by molar-refractivity contribution is 5.90. The number of hydrogen-bond acceptors (Lipinski definition) is 4. The molecule has 7 heteroatoms. The van der Waals surface area contributed by atoms with E-state index < -0.39 is 0 Å². The van der Waals surface area contributed by atoms with E-state index in [9.17, 15) is 9.18 Å². The van der Waals surface area contributed by atoms with E-state index in [1.165, 1.54) is 28.8 Å². The molecule has 0 saturated carbocycles. The molecule has 4 aromatic rings. The van der Waals surface area contributed by atoms with Gasteiger partial charge in [-0.1, -0.05) is 60.7 Å². The number of urea groups is 1. The van der Waals surface area contributed by atoms with Gasteiger partial charge in [-0.3, -0.25) is 4.90 Å². The van der Waals surface area contributed by atoms with Gasteiger partial charge in [-0.25, -0.2) is 9.18 Å². The van der Waals surface area contributed by atoms with E-state index in [0.29, 0.717) is 24.5 Å². The highest BCUT2D eigenvalue weighted by atomic mass is 19.1. The Labute approximate surface area is 247 Å². The first-order valence-corrected chi connectivity index (χ1v) is 14.6. The summed E-state index contributed by atoms with van der Waals surface area (Å²) in [6.07, 6.45) is 0.882. The summed E-state index contributed by atoms with van der Waals surface area (Å²) in [5.74, 6) is 0.498. The van der Waals surface area contributed by atoms with Gasteiger partial charge in [0.25, 0.3) is 0 Å². The summed E-state index contributed by atoms with van der Waals surface area (Å²) in [6.45, 7) is 5.71. The van der Waals surface area contributed by atoms with Gasteiger partial charge in [-0.15, -0.1) is 0 Å². The fourth-order valence-electron chi connectivity index (χ4n) is 6.44. The second kappa shape index (κ2) is 12.2. The van der Waals surface area contributed by atoms with Crippen LogP contribution in [0.25, 0.3) is 0 Å². The van der Waals surface area contributed by atoms with Gasteiger partial charge in [0.05, 0.1) is 7.11 Å². The van der Waals surface area contributed by atoms with Gasteiger partial charge >= 0.3 is 6.03 Å². The van der Waals surface area contributed by atoms with Crippen LogP contribution < -0.4 is 15.0 Å². The summed E-state index contributed by atoms with van der Waals surface area (Å²) in [6, 6.07) is 33.3. The number of ether oxygens (including phenoxy) is 1. The Morgan fingerprint density at radius 3 is 2.38 bits per heavy atom. The number of carbonyl (C=O) groups excluding carboxylic acids is 1. The normalized spacial score (nSPS) is 18.8. The third-order valence-corrected chi connectivity index (χ3v) is 8.71. The maximum Gasteiger partial charge on any atom is 0.322 e. The standard InChI is InChI=1S/C35H37FN4O2/c1-42-32-12-7-11-30(24-32)37-34(41)40-25-27-8-5-6-13-33(27)35(26-40,28-9-3-2-4-10-28)18-19-38-20-22-39(23-21-38)31-16-14-29(36)15-17-31/h2-17,24H,18-23,25-26H2,1H3,(H,37,41). The number of methoxy groups -OCH3 is 1. The van der Waals surface area contributed by atoms with Gasteiger partial charge in [0.2, 0.25) is 0 Å². The van der Waals surface area contributed by atoms with E-state index in [2.05, 4.69) is 63.6 Å². The van der Waals surface area contributed by atoms with Crippen molar-refractivity contribution >= 4 is 17.4 Å². The number of halogens is 1. The van der Waals surface area contributed by atoms with E-state index >= 15 is 0 Å². The molecule has 42 heavy (non-hydrogen) atoms. The average molecular weight is 565 g/mol. The van der Waals surface area contributed by atoms with Crippen LogP contribution in [0.1, 0.15) is 23.1 Å². The Bertz CT molecular complexity index is 1510. The first kappa shape index (κ1) is 27.8. The van der Waals surface area contributed by atoms with Crippen LogP contribution in [0.2, 0.25) is 0 Å². The second-order valence-electron chi connectivity index (χ2n) is 11.2. The van der Waals surface area contributed by atoms with Crippen LogP contribution in [0.3, 0.4) is 0 Å². The first-order valence-electron chi connectivity index (χ1n) is 14.6. The number of fused-ring (bicyclic) bond motifs is 1. The lowest BCUT2D eigenvalue weighted by Gasteiger charge is -2.46. The van der Waals surface area contributed by atoms with Crippen molar-refractivity contribution in [3.63, 3.8) is 0 Å². The Kier molecular flexibility index (Phi) is 8.11. The smallest absolute Gasteiger partial charge is 0.322 e. The number of anilines is 2. The van der Waals surface area contributed by atoms with Gasteiger partial charge < -0.3 is 19.9 Å². The maximum atomic E-state index is 13.7. The second-order valence-corrected chi connectivity index (χ2v) is 11.2. The number of piperazine rings is 1. The molecule has 1 atom stereocenters. The van der Waals surface area contributed by atoms with Crippen LogP contribution in [-0.2, 0) is 12.0 Å². The summed E-state index contributed by atoms with van der Waals surface area (Å²) in [5, 5.41) is 3.10. The number of amides is 2. The van der Waals surface area contributed by atoms with Gasteiger partial charge in [-0.05, 0) is 66.1 Å². The van der Waals surface area contributed by atoms with Crippen LogP contribution in [0.15, 0.2) is 103 Å². The minimum atomic E-state index is -0.351. The summed E-state index contributed by atoms with van der Waals surface area (Å²) in [5.41, 5.74) is 5.12. The van der Waals surface area contributed by atoms with Crippen molar-refractivity contribution in [1.82, 2.24) is 9.80 Å². The largest absolute Gasteiger partial charge is 0.497 e. The lowest BCUT2D eigenvalue weighted by Crippen LogP contribution is -2.52. The van der Waals surface area contributed by atoms with E-state index in [-0.39, 0.29) is 17.3 Å². The molecule has 1 unspecified atom stereocenters. The van der Waals surface area contributed by atoms with Gasteiger partial charge in [-0.2, -0.15) is 0 Å². The molecule has 1 saturated heterocycles. The fourth-order valence-corrected chi connectivity index (χ4v) is 6.44. The summed E-state index contributed by atoms with van der Waals surface area (Å²) in [7, 11) is 1.62. The zero-order valence-electron chi connectivity index (χ0n) is 24.0. The van der Waals surface area contributed by atoms with Crippen molar-refractivity contribution in [2.75, 3.05) is 56.6 Å². The fraction of sp³-hybridized carbons (Fsp3) is 0.286. The number of carbonyl (C=O) groups is 1. The van der Waals surface area contributed by atoms with Crippen molar-refractivity contribution < 1.29 is 13.9 Å². The molecule has 6 rings (SSSR count). The first-order chi connectivity index (χ1) is 20.5. The highest BCUT2D eigenvalue weighted by Crippen LogP contribution is 2.42. The minimum Gasteiger partial charge on any atom is -0.497 e. The Morgan fingerprint density at radius 1 is 0.881 bits per heavy atom. The van der Waals surface area contributed by atoms with E-state index in [1.807, 2.05) is 47.4 Å². The Hall–Kier alpha value is -4.36. The number of nitrogens with zero attached hydrogens (tertiary/aromatic N) is 3. The third-order valence-electron chi connectivity index (χ3n) is 8.71. The molecular formula is C35H37FN4O2. The van der Waals surface area contributed by atoms with E-state index in [4.69, 9.17) is 4.74 Å².